The van der Waals surface area contributed by atoms with E-state index in [2.05, 4.69) is 10.6 Å². The third kappa shape index (κ3) is 9.14. The molecule has 180 valence electrons. The molecule has 0 heterocycles. The van der Waals surface area contributed by atoms with E-state index >= 15 is 0 Å². The van der Waals surface area contributed by atoms with Crippen LogP contribution in [0.25, 0.3) is 6.08 Å². The van der Waals surface area contributed by atoms with Gasteiger partial charge in [-0.25, -0.2) is 4.79 Å². The molecule has 35 heavy (non-hydrogen) atoms. The van der Waals surface area contributed by atoms with Crippen molar-refractivity contribution >= 4 is 47.0 Å². The molecule has 3 rings (SSSR count). The van der Waals surface area contributed by atoms with Crippen molar-refractivity contribution in [2.24, 2.45) is 0 Å². The molecule has 0 aliphatic heterocycles. The second-order valence-electron chi connectivity index (χ2n) is 7.66. The molecule has 0 unspecified atom stereocenters. The maximum atomic E-state index is 12.3. The number of hydrogen-bond acceptors (Lipinski definition) is 5. The van der Waals surface area contributed by atoms with E-state index in [1.165, 1.54) is 17.8 Å². The molecule has 2 N–H and O–H groups in total. The van der Waals surface area contributed by atoms with Gasteiger partial charge in [0.25, 0.3) is 0 Å². The van der Waals surface area contributed by atoms with Gasteiger partial charge < -0.3 is 15.4 Å². The van der Waals surface area contributed by atoms with Crippen molar-refractivity contribution in [2.45, 2.75) is 24.7 Å². The van der Waals surface area contributed by atoms with Crippen molar-refractivity contribution in [3.05, 3.63) is 96.1 Å². The van der Waals surface area contributed by atoms with Gasteiger partial charge in [0.2, 0.25) is 11.8 Å². The maximum Gasteiger partial charge on any atom is 0.338 e. The molecule has 0 bridgehead atoms. The average Bonchev–Trinajstić information content (AvgIpc) is 2.88. The van der Waals surface area contributed by atoms with Crippen LogP contribution in [0.3, 0.4) is 0 Å². The van der Waals surface area contributed by atoms with Crippen LogP contribution in [0.5, 0.6) is 0 Å². The first-order valence-corrected chi connectivity index (χ1v) is 12.4. The molecule has 7 heteroatoms. The molecule has 0 fully saturated rings. The molecule has 3 aromatic rings. The molecule has 0 saturated heterocycles. The normalized spacial score (nSPS) is 10.7. The lowest BCUT2D eigenvalue weighted by Gasteiger charge is -2.08. The number of rotatable bonds is 11. The number of carbonyl (C=O) groups excluding carboxylic acids is 3. The van der Waals surface area contributed by atoms with Crippen molar-refractivity contribution in [1.82, 2.24) is 0 Å². The van der Waals surface area contributed by atoms with Gasteiger partial charge in [0.05, 0.1) is 17.9 Å². The number of ether oxygens (including phenoxy) is 1. The second kappa shape index (κ2) is 13.8. The summed E-state index contributed by atoms with van der Waals surface area (Å²) < 4.78 is 5.18. The Hall–Kier alpha value is -3.84. The standard InChI is InChI=1S/C28H28N2O4S/c1-2-3-19-34-28(33)22-10-12-23(13-11-22)30-27(32)20-35-25-16-14-24(15-17-25)29-26(31)18-9-21-7-5-4-6-8-21/h4-18H,2-3,19-20H2,1H3,(H,29,31)(H,30,32)/b18-9+. The number of carbonyl (C=O) groups is 3. The van der Waals surface area contributed by atoms with Gasteiger partial charge in [0.1, 0.15) is 0 Å². The largest absolute Gasteiger partial charge is 0.462 e. The Morgan fingerprint density at radius 1 is 0.857 bits per heavy atom. The van der Waals surface area contributed by atoms with Crippen molar-refractivity contribution in [3.8, 4) is 0 Å². The SMILES string of the molecule is CCCCOC(=O)c1ccc(NC(=O)CSc2ccc(NC(=O)/C=C/c3ccccc3)cc2)cc1. The molecular weight excluding hydrogens is 460 g/mol. The lowest BCUT2D eigenvalue weighted by Crippen LogP contribution is -2.14. The van der Waals surface area contributed by atoms with Gasteiger partial charge in [-0.1, -0.05) is 43.7 Å². The Morgan fingerprint density at radius 2 is 1.51 bits per heavy atom. The zero-order valence-corrected chi connectivity index (χ0v) is 20.3. The average molecular weight is 489 g/mol. The third-order valence-electron chi connectivity index (χ3n) is 4.85. The molecular formula is C28H28N2O4S. The Bertz CT molecular complexity index is 1140. The molecule has 3 aromatic carbocycles. The van der Waals surface area contributed by atoms with Gasteiger partial charge in [-0.05, 0) is 66.6 Å². The topological polar surface area (TPSA) is 84.5 Å². The van der Waals surface area contributed by atoms with Crippen LogP contribution in [0.2, 0.25) is 0 Å². The Balaban J connectivity index is 1.41. The summed E-state index contributed by atoms with van der Waals surface area (Å²) in [5.41, 5.74) is 2.70. The van der Waals surface area contributed by atoms with E-state index in [9.17, 15) is 14.4 Å². The minimum Gasteiger partial charge on any atom is -0.462 e. The lowest BCUT2D eigenvalue weighted by molar-refractivity contribution is -0.114. The minimum absolute atomic E-state index is 0.156. The van der Waals surface area contributed by atoms with Crippen LogP contribution in [-0.4, -0.2) is 30.1 Å². The highest BCUT2D eigenvalue weighted by molar-refractivity contribution is 8.00. The molecule has 0 saturated carbocycles. The molecule has 0 spiro atoms. The van der Waals surface area contributed by atoms with Gasteiger partial charge >= 0.3 is 5.97 Å². The molecule has 0 aromatic heterocycles. The number of thioether (sulfide) groups is 1. The number of unbranched alkanes of at least 4 members (excludes halogenated alkanes) is 1. The number of hydrogen-bond donors (Lipinski definition) is 2. The first-order valence-electron chi connectivity index (χ1n) is 11.4. The minimum atomic E-state index is -0.362. The molecule has 0 radical (unpaired) electrons. The highest BCUT2D eigenvalue weighted by Gasteiger charge is 2.08. The Kier molecular flexibility index (Phi) is 10.1. The Labute approximate surface area is 209 Å². The summed E-state index contributed by atoms with van der Waals surface area (Å²) in [6.45, 7) is 2.44. The van der Waals surface area contributed by atoms with Gasteiger partial charge in [-0.2, -0.15) is 0 Å². The lowest BCUT2D eigenvalue weighted by atomic mass is 10.2. The van der Waals surface area contributed by atoms with E-state index in [1.54, 1.807) is 42.5 Å². The summed E-state index contributed by atoms with van der Waals surface area (Å²) in [6.07, 6.45) is 5.04. The fraction of sp³-hybridized carbons (Fsp3) is 0.179. The molecule has 0 atom stereocenters. The van der Waals surface area contributed by atoms with Gasteiger partial charge in [-0.15, -0.1) is 11.8 Å². The Morgan fingerprint density at radius 3 is 2.20 bits per heavy atom. The smallest absolute Gasteiger partial charge is 0.338 e. The van der Waals surface area contributed by atoms with Crippen LogP contribution in [0.15, 0.2) is 89.8 Å². The summed E-state index contributed by atoms with van der Waals surface area (Å²) in [4.78, 5) is 37.2. The number of benzene rings is 3. The van der Waals surface area contributed by atoms with Crippen LogP contribution < -0.4 is 10.6 Å². The van der Waals surface area contributed by atoms with Crippen LogP contribution in [-0.2, 0) is 14.3 Å². The summed E-state index contributed by atoms with van der Waals surface area (Å²) in [7, 11) is 0. The van der Waals surface area contributed by atoms with E-state index in [0.717, 1.165) is 23.3 Å². The number of nitrogens with one attached hydrogen (secondary N) is 2. The number of amides is 2. The molecule has 0 aliphatic rings. The third-order valence-corrected chi connectivity index (χ3v) is 5.87. The predicted molar refractivity (Wildman–Crippen MR) is 142 cm³/mol. The monoisotopic (exact) mass is 488 g/mol. The van der Waals surface area contributed by atoms with E-state index < -0.39 is 0 Å². The quantitative estimate of drug-likeness (QED) is 0.149. The number of esters is 1. The summed E-state index contributed by atoms with van der Waals surface area (Å²) in [6, 6.07) is 23.5. The zero-order chi connectivity index (χ0) is 24.9. The summed E-state index contributed by atoms with van der Waals surface area (Å²) in [5.74, 6) is -0.504. The van der Waals surface area contributed by atoms with Crippen LogP contribution >= 0.6 is 11.8 Å². The molecule has 2 amide bonds. The summed E-state index contributed by atoms with van der Waals surface area (Å²) >= 11 is 1.39. The summed E-state index contributed by atoms with van der Waals surface area (Å²) in [5, 5.41) is 5.64. The van der Waals surface area contributed by atoms with Gasteiger partial charge in [0, 0.05) is 22.3 Å². The molecule has 6 nitrogen and oxygen atoms in total. The van der Waals surface area contributed by atoms with E-state index in [0.29, 0.717) is 23.5 Å². The van der Waals surface area contributed by atoms with Crippen LogP contribution in [0.4, 0.5) is 11.4 Å². The van der Waals surface area contributed by atoms with Crippen molar-refractivity contribution in [1.29, 1.82) is 0 Å². The first-order chi connectivity index (χ1) is 17.0. The number of anilines is 2. The zero-order valence-electron chi connectivity index (χ0n) is 19.5. The predicted octanol–water partition coefficient (Wildman–Crippen LogP) is 6.03. The highest BCUT2D eigenvalue weighted by atomic mass is 32.2. The highest BCUT2D eigenvalue weighted by Crippen LogP contribution is 2.21. The van der Waals surface area contributed by atoms with Crippen LogP contribution in [0, 0.1) is 0 Å². The van der Waals surface area contributed by atoms with Crippen LogP contribution in [0.1, 0.15) is 35.7 Å². The fourth-order valence-corrected chi connectivity index (χ4v) is 3.68. The first kappa shape index (κ1) is 25.8. The van der Waals surface area contributed by atoms with E-state index in [4.69, 9.17) is 4.74 Å². The van der Waals surface area contributed by atoms with Crippen molar-refractivity contribution < 1.29 is 19.1 Å². The van der Waals surface area contributed by atoms with Crippen molar-refractivity contribution in [3.63, 3.8) is 0 Å². The molecule has 0 aliphatic carbocycles. The fourth-order valence-electron chi connectivity index (χ4n) is 2.98. The second-order valence-corrected chi connectivity index (χ2v) is 8.71. The maximum absolute atomic E-state index is 12.3. The van der Waals surface area contributed by atoms with Gasteiger partial charge in [-0.3, -0.25) is 9.59 Å². The van der Waals surface area contributed by atoms with E-state index in [-0.39, 0.29) is 23.5 Å². The van der Waals surface area contributed by atoms with Crippen molar-refractivity contribution in [2.75, 3.05) is 23.0 Å². The van der Waals surface area contributed by atoms with E-state index in [1.807, 2.05) is 49.4 Å². The van der Waals surface area contributed by atoms with Gasteiger partial charge in [0.15, 0.2) is 0 Å².